The summed E-state index contributed by atoms with van der Waals surface area (Å²) in [5.41, 5.74) is 3.30. The van der Waals surface area contributed by atoms with Crippen molar-refractivity contribution in [3.8, 4) is 17.0 Å². The number of para-hydroxylation sites is 1. The number of hydrogen-bond acceptors (Lipinski definition) is 5. The Hall–Kier alpha value is -3.39. The molecule has 3 heterocycles. The second-order valence-corrected chi connectivity index (χ2v) is 10.2. The lowest BCUT2D eigenvalue weighted by atomic mass is 10.0. The van der Waals surface area contributed by atoms with E-state index in [1.54, 1.807) is 22.8 Å². The molecule has 1 saturated carbocycles. The van der Waals surface area contributed by atoms with Crippen LogP contribution in [0.1, 0.15) is 30.7 Å². The largest absolute Gasteiger partial charge is 0.507 e. The van der Waals surface area contributed by atoms with Crippen LogP contribution in [-0.2, 0) is 4.79 Å². The summed E-state index contributed by atoms with van der Waals surface area (Å²) in [6.07, 6.45) is 4.42. The van der Waals surface area contributed by atoms with Gasteiger partial charge in [-0.05, 0) is 58.8 Å². The molecule has 0 radical (unpaired) electrons. The molecule has 0 bridgehead atoms. The molecule has 2 aromatic heterocycles. The summed E-state index contributed by atoms with van der Waals surface area (Å²) in [6.45, 7) is 1.50. The van der Waals surface area contributed by atoms with Crippen LogP contribution in [0.4, 0.5) is 5.82 Å². The van der Waals surface area contributed by atoms with E-state index in [9.17, 15) is 9.90 Å². The van der Waals surface area contributed by atoms with Crippen LogP contribution >= 0.6 is 15.9 Å². The zero-order valence-corrected chi connectivity index (χ0v) is 20.7. The highest BCUT2D eigenvalue weighted by Gasteiger charge is 2.46. The first kappa shape index (κ1) is 22.1. The number of benzene rings is 2. The van der Waals surface area contributed by atoms with Crippen molar-refractivity contribution in [2.75, 3.05) is 18.4 Å². The molecule has 7 nitrogen and oxygen atoms in total. The fourth-order valence-electron chi connectivity index (χ4n) is 5.09. The minimum Gasteiger partial charge on any atom is -0.507 e. The van der Waals surface area contributed by atoms with Crippen molar-refractivity contribution in [2.24, 2.45) is 5.92 Å². The minimum absolute atomic E-state index is 0.129. The molecule has 2 N–H and O–H groups in total. The topological polar surface area (TPSA) is 82.8 Å². The Balaban J connectivity index is 1.15. The highest BCUT2D eigenvalue weighted by Crippen LogP contribution is 2.48. The van der Waals surface area contributed by atoms with E-state index in [-0.39, 0.29) is 17.7 Å². The Labute approximate surface area is 211 Å². The predicted octanol–water partition coefficient (Wildman–Crippen LogP) is 5.07. The maximum atomic E-state index is 13.1. The molecule has 2 atom stereocenters. The third kappa shape index (κ3) is 4.27. The molecule has 35 heavy (non-hydrogen) atoms. The van der Waals surface area contributed by atoms with Crippen molar-refractivity contribution in [2.45, 2.75) is 31.2 Å². The third-order valence-corrected chi connectivity index (χ3v) is 7.66. The van der Waals surface area contributed by atoms with Gasteiger partial charge in [-0.1, -0.05) is 42.5 Å². The molecule has 1 amide bonds. The maximum Gasteiger partial charge on any atom is 0.226 e. The monoisotopic (exact) mass is 531 g/mol. The second kappa shape index (κ2) is 9.00. The second-order valence-electron chi connectivity index (χ2n) is 9.37. The first-order valence-electron chi connectivity index (χ1n) is 12.0. The van der Waals surface area contributed by atoms with E-state index in [1.165, 1.54) is 5.56 Å². The van der Waals surface area contributed by atoms with Crippen LogP contribution in [-0.4, -0.2) is 49.6 Å². The molecule has 1 unspecified atom stereocenters. The molecule has 2 fully saturated rings. The Bertz CT molecular complexity index is 1380. The van der Waals surface area contributed by atoms with Crippen LogP contribution in [0.15, 0.2) is 71.3 Å². The number of carbonyl (C=O) groups is 1. The van der Waals surface area contributed by atoms with Gasteiger partial charge in [-0.15, -0.1) is 0 Å². The smallest absolute Gasteiger partial charge is 0.226 e. The highest BCUT2D eigenvalue weighted by molar-refractivity contribution is 9.10. The van der Waals surface area contributed by atoms with E-state index in [0.29, 0.717) is 28.7 Å². The van der Waals surface area contributed by atoms with Crippen LogP contribution in [0.3, 0.4) is 0 Å². The van der Waals surface area contributed by atoms with Gasteiger partial charge in [0.05, 0.1) is 16.4 Å². The quantitative estimate of drug-likeness (QED) is 0.375. The summed E-state index contributed by atoms with van der Waals surface area (Å²) in [5, 5.41) is 18.5. The zero-order valence-electron chi connectivity index (χ0n) is 19.1. The van der Waals surface area contributed by atoms with E-state index in [2.05, 4.69) is 38.5 Å². The number of phenols is 1. The lowest BCUT2D eigenvalue weighted by Gasteiger charge is -2.33. The number of aromatic hydroxyl groups is 1. The third-order valence-electron chi connectivity index (χ3n) is 7.10. The van der Waals surface area contributed by atoms with E-state index in [0.717, 1.165) is 42.6 Å². The summed E-state index contributed by atoms with van der Waals surface area (Å²) in [5.74, 6) is 1.79. The van der Waals surface area contributed by atoms with Crippen molar-refractivity contribution in [3.63, 3.8) is 0 Å². The number of piperidine rings is 1. The van der Waals surface area contributed by atoms with Crippen molar-refractivity contribution >= 4 is 33.3 Å². The number of phenolic OH excluding ortho intramolecular Hbond substituents is 1. The van der Waals surface area contributed by atoms with Gasteiger partial charge in [0.25, 0.3) is 0 Å². The zero-order chi connectivity index (χ0) is 23.9. The fourth-order valence-corrected chi connectivity index (χ4v) is 5.44. The van der Waals surface area contributed by atoms with E-state index >= 15 is 0 Å². The molecule has 1 aliphatic carbocycles. The molecule has 4 aromatic rings. The molecular formula is C27H26BrN5O2. The summed E-state index contributed by atoms with van der Waals surface area (Å²) in [6, 6.07) is 19.7. The van der Waals surface area contributed by atoms with Crippen LogP contribution < -0.4 is 5.32 Å². The van der Waals surface area contributed by atoms with Crippen LogP contribution in [0, 0.1) is 5.92 Å². The van der Waals surface area contributed by atoms with Crippen molar-refractivity contribution < 1.29 is 9.90 Å². The number of nitrogens with zero attached hydrogens (tertiary/aromatic N) is 4. The summed E-state index contributed by atoms with van der Waals surface area (Å²) >= 11 is 3.54. The average molecular weight is 532 g/mol. The summed E-state index contributed by atoms with van der Waals surface area (Å²) < 4.78 is 2.57. The number of carbonyl (C=O) groups excluding carboxylic acids is 1. The molecule has 1 aliphatic heterocycles. The van der Waals surface area contributed by atoms with Gasteiger partial charge in [0.1, 0.15) is 11.6 Å². The Morgan fingerprint density at radius 2 is 1.80 bits per heavy atom. The number of amides is 1. The van der Waals surface area contributed by atoms with Gasteiger partial charge in [0.15, 0.2) is 5.65 Å². The maximum absolute atomic E-state index is 13.1. The summed E-state index contributed by atoms with van der Waals surface area (Å²) in [4.78, 5) is 19.8. The number of halogens is 1. The molecular weight excluding hydrogens is 506 g/mol. The van der Waals surface area contributed by atoms with Gasteiger partial charge in [-0.3, -0.25) is 4.79 Å². The lowest BCUT2D eigenvalue weighted by molar-refractivity contribution is -0.133. The molecule has 2 aromatic carbocycles. The normalized spacial score (nSPS) is 20.2. The van der Waals surface area contributed by atoms with Gasteiger partial charge in [-0.25, -0.2) is 4.98 Å². The number of hydrogen-bond donors (Lipinski definition) is 2. The average Bonchev–Trinajstić information content (AvgIpc) is 3.61. The fraction of sp³-hybridized carbons (Fsp3) is 0.296. The molecule has 0 spiro atoms. The molecule has 1 saturated heterocycles. The number of nitrogens with one attached hydrogen (secondary N) is 1. The Morgan fingerprint density at radius 1 is 1.06 bits per heavy atom. The van der Waals surface area contributed by atoms with E-state index in [1.807, 2.05) is 41.3 Å². The lowest BCUT2D eigenvalue weighted by Crippen LogP contribution is -2.43. The van der Waals surface area contributed by atoms with Gasteiger partial charge in [-0.2, -0.15) is 9.61 Å². The van der Waals surface area contributed by atoms with Gasteiger partial charge in [0.2, 0.25) is 5.91 Å². The number of aromatic nitrogens is 3. The Kier molecular flexibility index (Phi) is 5.68. The molecule has 178 valence electrons. The SMILES string of the molecule is O=C(C1C[C@H]1c1ccccc1)N1CCC(Nc2cc(-c3ccccc3O)nc3c(Br)cnn23)CC1. The van der Waals surface area contributed by atoms with Crippen molar-refractivity contribution in [1.82, 2.24) is 19.5 Å². The summed E-state index contributed by atoms with van der Waals surface area (Å²) in [7, 11) is 0. The van der Waals surface area contributed by atoms with E-state index < -0.39 is 0 Å². The van der Waals surface area contributed by atoms with Crippen molar-refractivity contribution in [1.29, 1.82) is 0 Å². The van der Waals surface area contributed by atoms with Crippen LogP contribution in [0.2, 0.25) is 0 Å². The molecule has 2 aliphatic rings. The van der Waals surface area contributed by atoms with Gasteiger partial charge in [0, 0.05) is 36.7 Å². The number of anilines is 1. The standard InChI is InChI=1S/C27H26BrN5O2/c28-22-16-29-33-25(15-23(31-26(22)33)19-8-4-5-9-24(19)34)30-18-10-12-32(13-11-18)27(35)21-14-20(21)17-6-2-1-3-7-17/h1-9,15-16,18,20-21,30,34H,10-14H2/t20-,21?/m0/s1. The van der Waals surface area contributed by atoms with E-state index in [4.69, 9.17) is 4.98 Å². The van der Waals surface area contributed by atoms with Gasteiger partial charge < -0.3 is 15.3 Å². The van der Waals surface area contributed by atoms with Crippen molar-refractivity contribution in [3.05, 3.63) is 76.9 Å². The van der Waals surface area contributed by atoms with Crippen LogP contribution in [0.5, 0.6) is 5.75 Å². The van der Waals surface area contributed by atoms with Crippen LogP contribution in [0.25, 0.3) is 16.9 Å². The molecule has 8 heteroatoms. The number of fused-ring (bicyclic) bond motifs is 1. The predicted molar refractivity (Wildman–Crippen MR) is 138 cm³/mol. The van der Waals surface area contributed by atoms with Gasteiger partial charge >= 0.3 is 0 Å². The number of likely N-dealkylation sites (tertiary alicyclic amines) is 1. The molecule has 6 rings (SSSR count). The first-order chi connectivity index (χ1) is 17.1. The Morgan fingerprint density at radius 3 is 2.57 bits per heavy atom. The minimum atomic E-state index is 0.129. The first-order valence-corrected chi connectivity index (χ1v) is 12.8. The number of rotatable bonds is 5. The highest BCUT2D eigenvalue weighted by atomic mass is 79.9.